The number of fused-ring (bicyclic) bond motifs is 1. The fraction of sp³-hybridized carbons (Fsp3) is 0.520. The minimum atomic E-state index is -4.25. The number of aryl methyl sites for hydroxylation is 1. The zero-order valence-corrected chi connectivity index (χ0v) is 24.0. The zero-order valence-electron chi connectivity index (χ0n) is 23.1. The fourth-order valence-electron chi connectivity index (χ4n) is 4.28. The van der Waals surface area contributed by atoms with Gasteiger partial charge in [-0.3, -0.25) is 13.9 Å². The summed E-state index contributed by atoms with van der Waals surface area (Å²) < 4.78 is 53.2. The van der Waals surface area contributed by atoms with Crippen LogP contribution in [0.1, 0.15) is 32.8 Å². The van der Waals surface area contributed by atoms with Gasteiger partial charge in [-0.25, -0.2) is 23.9 Å². The van der Waals surface area contributed by atoms with Crippen molar-refractivity contribution in [2.24, 2.45) is 0 Å². The molecule has 1 aliphatic heterocycles. The number of aliphatic hydroxyl groups excluding tert-OH is 1. The van der Waals surface area contributed by atoms with E-state index in [1.807, 2.05) is 0 Å². The molecule has 1 saturated heterocycles. The van der Waals surface area contributed by atoms with Crippen molar-refractivity contribution in [1.29, 1.82) is 0 Å². The van der Waals surface area contributed by atoms with Gasteiger partial charge in [0.1, 0.15) is 29.8 Å². The number of ether oxygens (including phenoxy) is 2. The van der Waals surface area contributed by atoms with Gasteiger partial charge in [-0.1, -0.05) is 18.2 Å². The Labute approximate surface area is 231 Å². The van der Waals surface area contributed by atoms with Crippen LogP contribution in [0.4, 0.5) is 10.2 Å². The molecule has 1 aliphatic rings. The van der Waals surface area contributed by atoms with E-state index in [0.717, 1.165) is 0 Å². The molecular formula is C25H34FN6O7P. The Hall–Kier alpha value is -3.16. The third-order valence-electron chi connectivity index (χ3n) is 6.28. The molecule has 0 spiro atoms. The molecule has 6 atom stereocenters. The van der Waals surface area contributed by atoms with E-state index >= 15 is 4.39 Å². The second kappa shape index (κ2) is 11.8. The van der Waals surface area contributed by atoms with Gasteiger partial charge in [0.15, 0.2) is 28.9 Å². The molecule has 0 radical (unpaired) electrons. The highest BCUT2D eigenvalue weighted by Crippen LogP contribution is 2.48. The van der Waals surface area contributed by atoms with E-state index in [4.69, 9.17) is 18.5 Å². The Morgan fingerprint density at radius 1 is 1.32 bits per heavy atom. The Balaban J connectivity index is 1.58. The summed E-state index contributed by atoms with van der Waals surface area (Å²) >= 11 is 0. The number of para-hydroxylation sites is 1. The Morgan fingerprint density at radius 3 is 2.67 bits per heavy atom. The molecule has 1 aromatic carbocycles. The number of nitrogens with zero attached hydrogens (tertiary/aromatic N) is 5. The molecule has 218 valence electrons. The van der Waals surface area contributed by atoms with E-state index < -0.39 is 50.5 Å². The summed E-state index contributed by atoms with van der Waals surface area (Å²) in [5.41, 5.74) is -1.56. The van der Waals surface area contributed by atoms with Crippen LogP contribution in [-0.2, 0) is 23.4 Å². The summed E-state index contributed by atoms with van der Waals surface area (Å²) in [5, 5.41) is 13.4. The second-order valence-electron chi connectivity index (χ2n) is 9.74. The maximum absolute atomic E-state index is 16.0. The van der Waals surface area contributed by atoms with Gasteiger partial charge >= 0.3 is 13.7 Å². The summed E-state index contributed by atoms with van der Waals surface area (Å²) in [4.78, 5) is 27.1. The van der Waals surface area contributed by atoms with Crippen LogP contribution in [0.25, 0.3) is 11.2 Å². The molecule has 1 unspecified atom stereocenters. The Bertz CT molecular complexity index is 1390. The molecule has 0 amide bonds. The van der Waals surface area contributed by atoms with Crippen molar-refractivity contribution in [3.63, 3.8) is 0 Å². The van der Waals surface area contributed by atoms with Gasteiger partial charge in [-0.05, 0) is 39.8 Å². The van der Waals surface area contributed by atoms with Crippen molar-refractivity contribution in [3.8, 4) is 5.75 Å². The van der Waals surface area contributed by atoms with E-state index in [1.54, 1.807) is 63.2 Å². The number of esters is 1. The third-order valence-corrected chi connectivity index (χ3v) is 7.92. The van der Waals surface area contributed by atoms with Gasteiger partial charge in [0, 0.05) is 14.1 Å². The van der Waals surface area contributed by atoms with Crippen LogP contribution in [0, 0.1) is 6.92 Å². The van der Waals surface area contributed by atoms with Gasteiger partial charge < -0.3 is 24.0 Å². The molecule has 0 bridgehead atoms. The SMILES string of the molecule is CCOC(=O)[C@H](C)NP(=O)(OC[C@H]1O[C@@H](n2cnc3c(N(C)C)nc(C)nc32)[C@](C)(F)[C@@H]1O)Oc1ccccc1. The highest BCUT2D eigenvalue weighted by atomic mass is 31.2. The van der Waals surface area contributed by atoms with Crippen LogP contribution >= 0.6 is 7.75 Å². The van der Waals surface area contributed by atoms with Gasteiger partial charge in [0.2, 0.25) is 0 Å². The Kier molecular flexibility index (Phi) is 8.76. The predicted octanol–water partition coefficient (Wildman–Crippen LogP) is 2.93. The molecule has 4 rings (SSSR count). The number of nitrogens with one attached hydrogen (secondary N) is 1. The number of benzene rings is 1. The lowest BCUT2D eigenvalue weighted by Crippen LogP contribution is -2.41. The molecule has 40 heavy (non-hydrogen) atoms. The van der Waals surface area contributed by atoms with Crippen LogP contribution in [-0.4, -0.2) is 81.8 Å². The summed E-state index contributed by atoms with van der Waals surface area (Å²) in [5.74, 6) is 0.517. The smallest absolute Gasteiger partial charge is 0.459 e. The third kappa shape index (κ3) is 6.11. The van der Waals surface area contributed by atoms with E-state index in [1.165, 1.54) is 24.7 Å². The number of halogens is 1. The average Bonchev–Trinajstić information content (AvgIpc) is 3.40. The van der Waals surface area contributed by atoms with Gasteiger partial charge in [-0.2, -0.15) is 5.09 Å². The number of alkyl halides is 1. The standard InChI is InChI=1S/C25H34FN6O7P/c1-7-36-23(34)15(2)30-40(35,39-17-11-9-8-10-12-17)37-13-18-20(33)25(4,26)24(38-18)32-14-27-19-21(31(5)6)28-16(3)29-22(19)32/h8-12,14-15,18,20,24,33H,7,13H2,1-6H3,(H,30,35)/t15-,18+,20+,24+,25+,40?/m0/s1. The lowest BCUT2D eigenvalue weighted by Gasteiger charge is -2.25. The van der Waals surface area contributed by atoms with Crippen LogP contribution in [0.2, 0.25) is 0 Å². The second-order valence-corrected chi connectivity index (χ2v) is 11.4. The van der Waals surface area contributed by atoms with Crippen molar-refractivity contribution in [1.82, 2.24) is 24.6 Å². The minimum absolute atomic E-state index is 0.123. The quantitative estimate of drug-likeness (QED) is 0.254. The van der Waals surface area contributed by atoms with E-state index in [2.05, 4.69) is 20.0 Å². The maximum atomic E-state index is 16.0. The van der Waals surface area contributed by atoms with Gasteiger partial charge in [-0.15, -0.1) is 0 Å². The number of hydrogen-bond donors (Lipinski definition) is 2. The van der Waals surface area contributed by atoms with Crippen LogP contribution in [0.15, 0.2) is 36.7 Å². The first-order chi connectivity index (χ1) is 18.9. The van der Waals surface area contributed by atoms with Gasteiger partial charge in [0.25, 0.3) is 0 Å². The van der Waals surface area contributed by atoms with Crippen LogP contribution in [0.5, 0.6) is 5.75 Å². The normalized spacial score (nSPS) is 24.9. The number of aromatic nitrogens is 4. The highest BCUT2D eigenvalue weighted by molar-refractivity contribution is 7.52. The van der Waals surface area contributed by atoms with Crippen molar-refractivity contribution in [3.05, 3.63) is 42.5 Å². The summed E-state index contributed by atoms with van der Waals surface area (Å²) in [6.45, 7) is 5.56. The van der Waals surface area contributed by atoms with Crippen molar-refractivity contribution < 1.29 is 37.4 Å². The Morgan fingerprint density at radius 2 is 2.02 bits per heavy atom. The number of hydrogen-bond acceptors (Lipinski definition) is 11. The zero-order chi connectivity index (χ0) is 29.2. The lowest BCUT2D eigenvalue weighted by atomic mass is 9.98. The topological polar surface area (TPSA) is 150 Å². The summed E-state index contributed by atoms with van der Waals surface area (Å²) in [6, 6.07) is 7.12. The molecule has 15 heteroatoms. The first kappa shape index (κ1) is 29.8. The molecule has 0 saturated carbocycles. The summed E-state index contributed by atoms with van der Waals surface area (Å²) in [6.07, 6.45) is -2.91. The molecule has 2 N–H and O–H groups in total. The lowest BCUT2D eigenvalue weighted by molar-refractivity contribution is -0.144. The molecule has 2 aromatic heterocycles. The molecule has 13 nitrogen and oxygen atoms in total. The predicted molar refractivity (Wildman–Crippen MR) is 144 cm³/mol. The molecular weight excluding hydrogens is 546 g/mol. The maximum Gasteiger partial charge on any atom is 0.459 e. The average molecular weight is 581 g/mol. The van der Waals surface area contributed by atoms with Crippen LogP contribution in [0.3, 0.4) is 0 Å². The number of rotatable bonds is 11. The molecule has 3 aromatic rings. The van der Waals surface area contributed by atoms with E-state index in [9.17, 15) is 14.5 Å². The van der Waals surface area contributed by atoms with Crippen molar-refractivity contribution in [2.75, 3.05) is 32.2 Å². The number of imidazole rings is 1. The number of carbonyl (C=O) groups excluding carboxylic acids is 1. The first-order valence-corrected chi connectivity index (χ1v) is 14.2. The summed E-state index contributed by atoms with van der Waals surface area (Å²) in [7, 11) is -0.647. The van der Waals surface area contributed by atoms with Crippen molar-refractivity contribution >= 4 is 30.7 Å². The number of aliphatic hydroxyl groups is 1. The largest absolute Gasteiger partial charge is 0.465 e. The monoisotopic (exact) mass is 580 g/mol. The highest BCUT2D eigenvalue weighted by Gasteiger charge is 2.56. The molecule has 3 heterocycles. The molecule has 1 fully saturated rings. The van der Waals surface area contributed by atoms with Crippen molar-refractivity contribution in [2.45, 2.75) is 57.8 Å². The minimum Gasteiger partial charge on any atom is -0.465 e. The van der Waals surface area contributed by atoms with Crippen LogP contribution < -0.4 is 14.5 Å². The first-order valence-electron chi connectivity index (χ1n) is 12.7. The number of carbonyl (C=O) groups is 1. The van der Waals surface area contributed by atoms with Gasteiger partial charge in [0.05, 0.1) is 19.5 Å². The molecule has 0 aliphatic carbocycles. The van der Waals surface area contributed by atoms with E-state index in [0.29, 0.717) is 22.8 Å². The van der Waals surface area contributed by atoms with E-state index in [-0.39, 0.29) is 12.4 Å². The fourth-order valence-corrected chi connectivity index (χ4v) is 5.78. The number of anilines is 1.